The Bertz CT molecular complexity index is 604. The topological polar surface area (TPSA) is 32.7 Å². The number of hydrogen-bond donors (Lipinski definition) is 0. The number of hydrogen-bond acceptors (Lipinski definition) is 3. The molecule has 1 aliphatic heterocycles. The molecule has 1 aliphatic rings. The molecule has 0 unspecified atom stereocenters. The lowest BCUT2D eigenvalue weighted by atomic mass is 10.00. The second-order valence-corrected chi connectivity index (χ2v) is 5.33. The fourth-order valence-corrected chi connectivity index (χ4v) is 3.00. The van der Waals surface area contributed by atoms with Gasteiger partial charge in [-0.05, 0) is 22.4 Å². The van der Waals surface area contributed by atoms with Crippen molar-refractivity contribution in [1.29, 1.82) is 0 Å². The number of carbonyl (C=O) groups is 1. The summed E-state index contributed by atoms with van der Waals surface area (Å²) in [4.78, 5) is 11.8. The number of thiophene rings is 1. The van der Waals surface area contributed by atoms with Gasteiger partial charge in [-0.15, -0.1) is 0 Å². The smallest absolute Gasteiger partial charge is 0.240 e. The fourth-order valence-electron chi connectivity index (χ4n) is 2.34. The number of carbonyl (C=O) groups excluding carboxylic acids is 1. The molecule has 0 bridgehead atoms. The molecule has 1 aromatic carbocycles. The average Bonchev–Trinajstić information content (AvgIpc) is 3.08. The molecular formula is C15H14N2OS. The van der Waals surface area contributed by atoms with E-state index in [1.54, 1.807) is 23.3 Å². The van der Waals surface area contributed by atoms with Gasteiger partial charge in [0.25, 0.3) is 0 Å². The molecular weight excluding hydrogens is 256 g/mol. The summed E-state index contributed by atoms with van der Waals surface area (Å²) in [5, 5.41) is 10.2. The highest BCUT2D eigenvalue weighted by Crippen LogP contribution is 2.32. The first kappa shape index (κ1) is 12.1. The van der Waals surface area contributed by atoms with Crippen LogP contribution in [0.2, 0.25) is 0 Å². The van der Waals surface area contributed by atoms with Crippen LogP contribution >= 0.6 is 11.3 Å². The quantitative estimate of drug-likeness (QED) is 0.822. The van der Waals surface area contributed by atoms with Crippen molar-refractivity contribution >= 4 is 23.0 Å². The minimum Gasteiger partial charge on any atom is -0.273 e. The zero-order chi connectivity index (χ0) is 13.2. The van der Waals surface area contributed by atoms with E-state index < -0.39 is 0 Å². The van der Waals surface area contributed by atoms with Gasteiger partial charge in [0.15, 0.2) is 0 Å². The molecule has 3 nitrogen and oxygen atoms in total. The van der Waals surface area contributed by atoms with Crippen molar-refractivity contribution in [3.8, 4) is 0 Å². The second kappa shape index (κ2) is 4.97. The van der Waals surface area contributed by atoms with Crippen molar-refractivity contribution in [1.82, 2.24) is 5.01 Å². The third-order valence-corrected chi connectivity index (χ3v) is 3.95. The van der Waals surface area contributed by atoms with Gasteiger partial charge in [0.05, 0.1) is 11.8 Å². The summed E-state index contributed by atoms with van der Waals surface area (Å²) in [6, 6.07) is 12.1. The van der Waals surface area contributed by atoms with Gasteiger partial charge in [0.2, 0.25) is 5.91 Å². The standard InChI is InChI=1S/C15H14N2OS/c1-11(18)17-15(12-5-3-2-4-6-12)9-14(16-17)13-7-8-19-10-13/h2-8,10,15H,9H2,1H3/t15-/m1/s1. The van der Waals surface area contributed by atoms with Gasteiger partial charge in [-0.2, -0.15) is 16.4 Å². The second-order valence-electron chi connectivity index (χ2n) is 4.55. The van der Waals surface area contributed by atoms with E-state index in [4.69, 9.17) is 0 Å². The molecule has 4 heteroatoms. The molecule has 2 heterocycles. The van der Waals surface area contributed by atoms with E-state index in [9.17, 15) is 4.79 Å². The van der Waals surface area contributed by atoms with Gasteiger partial charge in [-0.25, -0.2) is 5.01 Å². The van der Waals surface area contributed by atoms with Crippen LogP contribution in [0.5, 0.6) is 0 Å². The minimum absolute atomic E-state index is 0.0147. The Morgan fingerprint density at radius 2 is 2.11 bits per heavy atom. The molecule has 19 heavy (non-hydrogen) atoms. The first-order valence-electron chi connectivity index (χ1n) is 6.20. The Labute approximate surface area is 116 Å². The van der Waals surface area contributed by atoms with Crippen LogP contribution in [0.15, 0.2) is 52.3 Å². The largest absolute Gasteiger partial charge is 0.273 e. The van der Waals surface area contributed by atoms with Crippen molar-refractivity contribution in [2.45, 2.75) is 19.4 Å². The molecule has 1 aromatic heterocycles. The van der Waals surface area contributed by atoms with Gasteiger partial charge >= 0.3 is 0 Å². The van der Waals surface area contributed by atoms with Crippen LogP contribution < -0.4 is 0 Å². The van der Waals surface area contributed by atoms with Crippen LogP contribution in [0.4, 0.5) is 0 Å². The van der Waals surface area contributed by atoms with Crippen LogP contribution in [0.3, 0.4) is 0 Å². The highest BCUT2D eigenvalue weighted by atomic mass is 32.1. The molecule has 96 valence electrons. The van der Waals surface area contributed by atoms with E-state index in [0.29, 0.717) is 0 Å². The van der Waals surface area contributed by atoms with E-state index in [2.05, 4.69) is 16.5 Å². The van der Waals surface area contributed by atoms with E-state index in [0.717, 1.165) is 23.3 Å². The van der Waals surface area contributed by atoms with Crippen molar-refractivity contribution in [2.24, 2.45) is 5.10 Å². The average molecular weight is 270 g/mol. The molecule has 3 rings (SSSR count). The van der Waals surface area contributed by atoms with Crippen molar-refractivity contribution in [2.75, 3.05) is 0 Å². The fraction of sp³-hybridized carbons (Fsp3) is 0.200. The maximum atomic E-state index is 11.8. The number of amides is 1. The number of benzene rings is 1. The molecule has 1 atom stereocenters. The molecule has 0 radical (unpaired) electrons. The van der Waals surface area contributed by atoms with Crippen LogP contribution in [0.25, 0.3) is 0 Å². The van der Waals surface area contributed by atoms with Crippen molar-refractivity contribution in [3.63, 3.8) is 0 Å². The summed E-state index contributed by atoms with van der Waals surface area (Å²) in [7, 11) is 0. The lowest BCUT2D eigenvalue weighted by Gasteiger charge is -2.20. The van der Waals surface area contributed by atoms with E-state index in [-0.39, 0.29) is 11.9 Å². The first-order chi connectivity index (χ1) is 9.25. The van der Waals surface area contributed by atoms with Gasteiger partial charge < -0.3 is 0 Å². The Morgan fingerprint density at radius 1 is 1.32 bits per heavy atom. The molecule has 0 spiro atoms. The maximum absolute atomic E-state index is 11.8. The van der Waals surface area contributed by atoms with Gasteiger partial charge in [-0.1, -0.05) is 30.3 Å². The molecule has 0 aliphatic carbocycles. The molecule has 0 saturated heterocycles. The summed E-state index contributed by atoms with van der Waals surface area (Å²) in [5.74, 6) is -0.0147. The predicted octanol–water partition coefficient (Wildman–Crippen LogP) is 3.45. The van der Waals surface area contributed by atoms with Crippen LogP contribution in [0.1, 0.15) is 30.5 Å². The number of nitrogens with zero attached hydrogens (tertiary/aromatic N) is 2. The summed E-state index contributed by atoms with van der Waals surface area (Å²) in [6.07, 6.45) is 0.778. The number of rotatable bonds is 2. The Morgan fingerprint density at radius 3 is 2.74 bits per heavy atom. The highest BCUT2D eigenvalue weighted by Gasteiger charge is 2.31. The highest BCUT2D eigenvalue weighted by molar-refractivity contribution is 7.08. The lowest BCUT2D eigenvalue weighted by Crippen LogP contribution is -2.24. The van der Waals surface area contributed by atoms with Gasteiger partial charge in [-0.3, -0.25) is 4.79 Å². The molecule has 0 N–H and O–H groups in total. The lowest BCUT2D eigenvalue weighted by molar-refractivity contribution is -0.130. The van der Waals surface area contributed by atoms with Gasteiger partial charge in [0, 0.05) is 18.9 Å². The summed E-state index contributed by atoms with van der Waals surface area (Å²) in [5.41, 5.74) is 3.24. The molecule has 1 amide bonds. The van der Waals surface area contributed by atoms with E-state index in [1.807, 2.05) is 35.7 Å². The van der Waals surface area contributed by atoms with Crippen molar-refractivity contribution in [3.05, 3.63) is 58.3 Å². The van der Waals surface area contributed by atoms with Crippen molar-refractivity contribution < 1.29 is 4.79 Å². The maximum Gasteiger partial charge on any atom is 0.240 e. The zero-order valence-electron chi connectivity index (χ0n) is 10.6. The minimum atomic E-state index is -0.0147. The van der Waals surface area contributed by atoms with Gasteiger partial charge in [0.1, 0.15) is 0 Å². The predicted molar refractivity (Wildman–Crippen MR) is 77.2 cm³/mol. The van der Waals surface area contributed by atoms with Crippen LogP contribution in [-0.4, -0.2) is 16.6 Å². The summed E-state index contributed by atoms with van der Waals surface area (Å²) in [6.45, 7) is 1.57. The first-order valence-corrected chi connectivity index (χ1v) is 7.15. The van der Waals surface area contributed by atoms with E-state index in [1.165, 1.54) is 0 Å². The third kappa shape index (κ3) is 2.31. The van der Waals surface area contributed by atoms with Crippen LogP contribution in [0, 0.1) is 0 Å². The van der Waals surface area contributed by atoms with E-state index >= 15 is 0 Å². The molecule has 2 aromatic rings. The zero-order valence-corrected chi connectivity index (χ0v) is 11.4. The van der Waals surface area contributed by atoms with Crippen LogP contribution in [-0.2, 0) is 4.79 Å². The monoisotopic (exact) mass is 270 g/mol. The molecule has 0 fully saturated rings. The Kier molecular flexibility index (Phi) is 3.17. The third-order valence-electron chi connectivity index (χ3n) is 3.27. The molecule has 0 saturated carbocycles. The summed E-state index contributed by atoms with van der Waals surface area (Å²) < 4.78 is 0. The summed E-state index contributed by atoms with van der Waals surface area (Å²) >= 11 is 1.65. The SMILES string of the molecule is CC(=O)N1N=C(c2ccsc2)C[C@@H]1c1ccccc1. The Balaban J connectivity index is 1.94. The Hall–Kier alpha value is -1.94. The normalized spacial score (nSPS) is 18.5. The number of hydrazone groups is 1.